The largest absolute Gasteiger partial charge is 1.00 e. The number of hydrogen-bond donors (Lipinski definition) is 0. The van der Waals surface area contributed by atoms with E-state index in [1.54, 1.807) is 0 Å². The average molecular weight is 795 g/mol. The van der Waals surface area contributed by atoms with Gasteiger partial charge in [0.25, 0.3) is 0 Å². The van der Waals surface area contributed by atoms with Gasteiger partial charge in [-0.1, -0.05) is 77.5 Å². The first-order chi connectivity index (χ1) is 23.0. The van der Waals surface area contributed by atoms with Crippen LogP contribution in [-0.2, 0) is 36.6 Å². The van der Waals surface area contributed by atoms with Crippen LogP contribution >= 0.6 is 0 Å². The monoisotopic (exact) mass is 792 g/mol. The van der Waals surface area contributed by atoms with Crippen molar-refractivity contribution in [1.29, 1.82) is 0 Å². The molecule has 0 nitrogen and oxygen atoms in total. The summed E-state index contributed by atoms with van der Waals surface area (Å²) in [7, 11) is 0. The molecular weight excluding hydrogens is 769 g/mol. The minimum absolute atomic E-state index is 0. The van der Waals surface area contributed by atoms with Crippen molar-refractivity contribution in [2.24, 2.45) is 0 Å². The van der Waals surface area contributed by atoms with Crippen LogP contribution in [0.2, 0.25) is 0 Å². The Hall–Kier alpha value is -3.90. The molecule has 0 bridgehead atoms. The van der Waals surface area contributed by atoms with Crippen LogP contribution in [0.4, 0.5) is 26.3 Å². The van der Waals surface area contributed by atoms with E-state index in [0.29, 0.717) is 14.3 Å². The Kier molecular flexibility index (Phi) is 12.8. The van der Waals surface area contributed by atoms with Gasteiger partial charge in [-0.15, -0.1) is 40.1 Å². The molecule has 7 aromatic carbocycles. The second-order valence-corrected chi connectivity index (χ2v) is 12.4. The van der Waals surface area contributed by atoms with E-state index in [4.69, 9.17) is 0 Å². The number of rotatable bonds is 2. The third-order valence-corrected chi connectivity index (χ3v) is 9.51. The Bertz CT molecular complexity index is 2230. The molecule has 0 fully saturated rings. The molecule has 0 spiro atoms. The number of halogens is 8. The number of benzene rings is 6. The molecular formula is C41H26Cl2F6Zr-2. The second kappa shape index (κ2) is 16.4. The summed E-state index contributed by atoms with van der Waals surface area (Å²) in [5.74, 6) is 0. The van der Waals surface area contributed by atoms with Crippen molar-refractivity contribution < 1.29 is 75.4 Å². The molecule has 0 saturated heterocycles. The zero-order valence-corrected chi connectivity index (χ0v) is 30.1. The van der Waals surface area contributed by atoms with Gasteiger partial charge in [0.15, 0.2) is 0 Å². The minimum atomic E-state index is -4.41. The van der Waals surface area contributed by atoms with Crippen molar-refractivity contribution in [2.75, 3.05) is 0 Å². The molecule has 8 rings (SSSR count). The van der Waals surface area contributed by atoms with E-state index in [9.17, 15) is 26.3 Å². The van der Waals surface area contributed by atoms with Gasteiger partial charge < -0.3 is 24.8 Å². The van der Waals surface area contributed by atoms with Crippen molar-refractivity contribution in [1.82, 2.24) is 0 Å². The van der Waals surface area contributed by atoms with Gasteiger partial charge in [-0.3, -0.25) is 6.08 Å². The van der Waals surface area contributed by atoms with Crippen LogP contribution in [0, 0.1) is 6.08 Å². The number of fused-ring (bicyclic) bond motifs is 8. The van der Waals surface area contributed by atoms with Crippen LogP contribution in [0.5, 0.6) is 0 Å². The van der Waals surface area contributed by atoms with Gasteiger partial charge in [0.05, 0.1) is 0 Å². The fourth-order valence-corrected chi connectivity index (χ4v) is 6.59. The Morgan fingerprint density at radius 3 is 1.44 bits per heavy atom. The smallest absolute Gasteiger partial charge is 0.0255 e. The summed E-state index contributed by atoms with van der Waals surface area (Å²) in [6.07, 6.45) is 1.18. The van der Waals surface area contributed by atoms with Gasteiger partial charge in [-0.2, -0.15) is 6.08 Å². The normalized spacial score (nSPS) is 12.2. The van der Waals surface area contributed by atoms with Gasteiger partial charge >= 0.3 is 137 Å². The molecule has 0 aromatic heterocycles. The van der Waals surface area contributed by atoms with Crippen molar-refractivity contribution in [3.63, 3.8) is 0 Å². The molecule has 0 saturated carbocycles. The minimum Gasteiger partial charge on any atom is -1.00 e. The maximum absolute atomic E-state index is 12.5. The van der Waals surface area contributed by atoms with Crippen molar-refractivity contribution in [3.05, 3.63) is 174 Å². The van der Waals surface area contributed by atoms with E-state index >= 15 is 0 Å². The standard InChI is InChI=1S/C21H13.C15H8F6.C5H5.2ClH.Zr/c1-2-8-15-14(7-1)13-20-18-11-4-3-9-16(18)17-10-5-6-12-19(17)21(15)20;16-14(17,18)12-5-1-10(2-6-12)9-11-3-7-13(8-4-11)15(19,20)21;1-2-4-5-3-1;;;/h1-13H;1-8H;1-3H,4H2;2*1H;/q-1;;-1;;;+2/p-2. The quantitative estimate of drug-likeness (QED) is 0.112. The molecule has 0 unspecified atom stereocenters. The van der Waals surface area contributed by atoms with E-state index in [1.807, 2.05) is 12.2 Å². The van der Waals surface area contributed by atoms with E-state index in [-0.39, 0.29) is 24.8 Å². The Labute approximate surface area is 312 Å². The molecule has 50 heavy (non-hydrogen) atoms. The summed E-state index contributed by atoms with van der Waals surface area (Å²) in [5.41, 5.74) is -0.392. The molecule has 7 aromatic rings. The van der Waals surface area contributed by atoms with Crippen LogP contribution in [0.1, 0.15) is 28.7 Å². The maximum atomic E-state index is 12.5. The number of hydrogen-bond acceptors (Lipinski definition) is 0. The third-order valence-electron chi connectivity index (χ3n) is 8.09. The molecule has 9 heteroatoms. The van der Waals surface area contributed by atoms with Gasteiger partial charge in [-0.25, -0.2) is 12.2 Å². The predicted octanol–water partition coefficient (Wildman–Crippen LogP) is 6.17. The summed E-state index contributed by atoms with van der Waals surface area (Å²) in [6, 6.07) is 37.6. The van der Waals surface area contributed by atoms with Crippen molar-refractivity contribution in [3.8, 4) is 0 Å². The Morgan fingerprint density at radius 2 is 1.00 bits per heavy atom. The summed E-state index contributed by atoms with van der Waals surface area (Å²) in [5, 5.41) is 10.8. The van der Waals surface area contributed by atoms with Crippen LogP contribution in [-0.4, -0.2) is 3.21 Å². The zero-order valence-electron chi connectivity index (χ0n) is 26.1. The first-order valence-corrected chi connectivity index (χ1v) is 16.3. The number of allylic oxidation sites excluding steroid dienone is 4. The van der Waals surface area contributed by atoms with Crippen LogP contribution < -0.4 is 24.8 Å². The fraction of sp³-hybridized carbons (Fsp3) is 0.0732. The molecule has 0 N–H and O–H groups in total. The topological polar surface area (TPSA) is 0 Å². The first-order valence-electron chi connectivity index (χ1n) is 15.1. The fourth-order valence-electron chi connectivity index (χ4n) is 5.77. The summed E-state index contributed by atoms with van der Waals surface area (Å²) in [6.45, 7) is 0. The Balaban J connectivity index is 0.000000190. The van der Waals surface area contributed by atoms with E-state index in [1.165, 1.54) is 67.4 Å². The maximum Gasteiger partial charge on any atom is -0.0255 e. The zero-order chi connectivity index (χ0) is 33.9. The van der Waals surface area contributed by atoms with E-state index in [0.717, 1.165) is 54.9 Å². The molecule has 0 heterocycles. The predicted molar refractivity (Wildman–Crippen MR) is 180 cm³/mol. The molecule has 1 aliphatic carbocycles. The summed E-state index contributed by atoms with van der Waals surface area (Å²) in [4.78, 5) is 0. The van der Waals surface area contributed by atoms with Crippen molar-refractivity contribution in [2.45, 2.75) is 18.8 Å². The molecule has 0 amide bonds. The van der Waals surface area contributed by atoms with Crippen LogP contribution in [0.3, 0.4) is 0 Å². The Morgan fingerprint density at radius 1 is 0.560 bits per heavy atom. The van der Waals surface area contributed by atoms with E-state index < -0.39 is 23.5 Å². The van der Waals surface area contributed by atoms with Crippen molar-refractivity contribution >= 4 is 46.3 Å². The summed E-state index contributed by atoms with van der Waals surface area (Å²) < 4.78 is 75.6. The third kappa shape index (κ3) is 8.51. The molecule has 0 radical (unpaired) electrons. The second-order valence-electron chi connectivity index (χ2n) is 11.1. The number of alkyl halides is 6. The van der Waals surface area contributed by atoms with Crippen LogP contribution in [0.15, 0.2) is 146 Å². The molecule has 0 atom stereocenters. The van der Waals surface area contributed by atoms with Gasteiger partial charge in [-0.05, 0) is 10.8 Å². The van der Waals surface area contributed by atoms with Gasteiger partial charge in [0.1, 0.15) is 0 Å². The average Bonchev–Trinajstić information content (AvgIpc) is 3.81. The van der Waals surface area contributed by atoms with Gasteiger partial charge in [0.2, 0.25) is 0 Å². The van der Waals surface area contributed by atoms with Crippen LogP contribution in [0.25, 0.3) is 43.1 Å². The molecule has 252 valence electrons. The summed E-state index contributed by atoms with van der Waals surface area (Å²) >= 11 is 0.898. The first kappa shape index (κ1) is 38.9. The molecule has 0 aliphatic heterocycles. The molecule has 1 aliphatic rings. The van der Waals surface area contributed by atoms with E-state index in [2.05, 4.69) is 91.0 Å². The SMILES string of the molecule is FC(F)(F)c1ccc([C](=[Zr+2])c2ccc(C(F)(F)F)cc2)cc1.[C-]1=CC=CC1.[Cl-].[Cl-].c1ccc2c(c1)[cH-]c1c3ccccc3c3ccccc3c21. The van der Waals surface area contributed by atoms with Gasteiger partial charge in [0, 0.05) is 0 Å².